The quantitative estimate of drug-likeness (QED) is 0.814. The zero-order valence-electron chi connectivity index (χ0n) is 11.6. The van der Waals surface area contributed by atoms with Crippen molar-refractivity contribution in [1.29, 1.82) is 0 Å². The van der Waals surface area contributed by atoms with E-state index in [9.17, 15) is 4.79 Å². The molecule has 0 aliphatic carbocycles. The fourth-order valence-corrected chi connectivity index (χ4v) is 2.95. The second kappa shape index (κ2) is 4.95. The minimum Gasteiger partial charge on any atom is -0.315 e. The van der Waals surface area contributed by atoms with Gasteiger partial charge in [-0.3, -0.25) is 4.79 Å². The predicted octanol–water partition coefficient (Wildman–Crippen LogP) is 4.09. The third-order valence-electron chi connectivity index (χ3n) is 3.93. The van der Waals surface area contributed by atoms with Crippen molar-refractivity contribution in [2.75, 3.05) is 11.9 Å². The summed E-state index contributed by atoms with van der Waals surface area (Å²) in [5.41, 5.74) is 5.43. The molecule has 0 spiro atoms. The van der Waals surface area contributed by atoms with Crippen molar-refractivity contribution in [1.82, 2.24) is 0 Å². The minimum atomic E-state index is 0.150. The molecule has 2 aromatic rings. The molecular weight excluding hydrogens is 270 g/mol. The van der Waals surface area contributed by atoms with Crippen LogP contribution in [0.1, 0.15) is 18.1 Å². The monoisotopic (exact) mass is 285 g/mol. The largest absolute Gasteiger partial charge is 0.315 e. The Balaban J connectivity index is 2.04. The van der Waals surface area contributed by atoms with Gasteiger partial charge in [0, 0.05) is 17.8 Å². The molecule has 0 fully saturated rings. The predicted molar refractivity (Wildman–Crippen MR) is 83.4 cm³/mol. The first-order chi connectivity index (χ1) is 9.60. The summed E-state index contributed by atoms with van der Waals surface area (Å²) in [5, 5.41) is 0.801. The molecule has 0 radical (unpaired) electrons. The maximum Gasteiger partial charge on any atom is 0.231 e. The van der Waals surface area contributed by atoms with Gasteiger partial charge in [-0.05, 0) is 40.8 Å². The first-order valence-electron chi connectivity index (χ1n) is 6.78. The normalized spacial score (nSPS) is 13.8. The third-order valence-corrected chi connectivity index (χ3v) is 4.28. The van der Waals surface area contributed by atoms with E-state index in [0.717, 1.165) is 39.4 Å². The Hall–Kier alpha value is -1.80. The summed E-state index contributed by atoms with van der Waals surface area (Å²) in [7, 11) is 1.82. The van der Waals surface area contributed by atoms with Crippen LogP contribution in [0, 0.1) is 0 Å². The molecule has 0 atom stereocenters. The maximum absolute atomic E-state index is 11.7. The number of carbonyl (C=O) groups is 1. The Morgan fingerprint density at radius 2 is 1.85 bits per heavy atom. The van der Waals surface area contributed by atoms with E-state index < -0.39 is 0 Å². The lowest BCUT2D eigenvalue weighted by molar-refractivity contribution is -0.117. The van der Waals surface area contributed by atoms with Crippen molar-refractivity contribution in [2.45, 2.75) is 19.8 Å². The second-order valence-electron chi connectivity index (χ2n) is 5.13. The molecule has 1 heterocycles. The number of rotatable bonds is 2. The smallest absolute Gasteiger partial charge is 0.231 e. The highest BCUT2D eigenvalue weighted by Gasteiger charge is 2.24. The van der Waals surface area contributed by atoms with Crippen LogP contribution in [0.3, 0.4) is 0 Å². The van der Waals surface area contributed by atoms with Crippen molar-refractivity contribution in [2.24, 2.45) is 0 Å². The number of fused-ring (bicyclic) bond motifs is 1. The SMILES string of the molecule is CCc1ccc(-c2ccc3c(c2)N(C)C(=O)C3)cc1Cl. The van der Waals surface area contributed by atoms with Gasteiger partial charge >= 0.3 is 0 Å². The molecule has 1 aliphatic rings. The number of hydrogen-bond acceptors (Lipinski definition) is 1. The molecule has 0 aromatic heterocycles. The molecule has 0 saturated heterocycles. The van der Waals surface area contributed by atoms with E-state index in [1.54, 1.807) is 4.90 Å². The number of benzene rings is 2. The van der Waals surface area contributed by atoms with Crippen LogP contribution in [0.2, 0.25) is 5.02 Å². The van der Waals surface area contributed by atoms with Gasteiger partial charge in [-0.25, -0.2) is 0 Å². The van der Waals surface area contributed by atoms with Crippen LogP contribution < -0.4 is 4.90 Å². The highest BCUT2D eigenvalue weighted by Crippen LogP contribution is 2.33. The fraction of sp³-hybridized carbons (Fsp3) is 0.235. The van der Waals surface area contributed by atoms with Gasteiger partial charge in [0.15, 0.2) is 0 Å². The van der Waals surface area contributed by atoms with Crippen LogP contribution >= 0.6 is 11.6 Å². The number of anilines is 1. The van der Waals surface area contributed by atoms with Gasteiger partial charge < -0.3 is 4.90 Å². The third kappa shape index (κ3) is 2.10. The zero-order chi connectivity index (χ0) is 14.3. The number of hydrogen-bond donors (Lipinski definition) is 0. The minimum absolute atomic E-state index is 0.150. The molecule has 0 saturated carbocycles. The van der Waals surface area contributed by atoms with Gasteiger partial charge in [0.1, 0.15) is 0 Å². The summed E-state index contributed by atoms with van der Waals surface area (Å²) < 4.78 is 0. The van der Waals surface area contributed by atoms with Crippen LogP contribution in [0.15, 0.2) is 36.4 Å². The van der Waals surface area contributed by atoms with Gasteiger partial charge in [-0.15, -0.1) is 0 Å². The lowest BCUT2D eigenvalue weighted by Gasteiger charge is -2.12. The average molecular weight is 286 g/mol. The van der Waals surface area contributed by atoms with E-state index in [1.807, 2.05) is 19.2 Å². The van der Waals surface area contributed by atoms with Gasteiger partial charge in [0.05, 0.1) is 6.42 Å². The molecule has 0 unspecified atom stereocenters. The van der Waals surface area contributed by atoms with Crippen LogP contribution in [0.5, 0.6) is 0 Å². The Morgan fingerprint density at radius 1 is 1.15 bits per heavy atom. The second-order valence-corrected chi connectivity index (χ2v) is 5.54. The summed E-state index contributed by atoms with van der Waals surface area (Å²) in [4.78, 5) is 13.4. The Kier molecular flexibility index (Phi) is 3.27. The molecule has 20 heavy (non-hydrogen) atoms. The lowest BCUT2D eigenvalue weighted by Crippen LogP contribution is -2.20. The van der Waals surface area contributed by atoms with Gasteiger partial charge in [-0.1, -0.05) is 42.8 Å². The van der Waals surface area contributed by atoms with Crippen LogP contribution in [-0.4, -0.2) is 13.0 Å². The standard InChI is InChI=1S/C17H16ClNO/c1-3-11-4-5-12(8-15(11)18)13-6-7-14-10-17(20)19(2)16(14)9-13/h4-9H,3,10H2,1-2H3. The number of carbonyl (C=O) groups excluding carboxylic acids is 1. The van der Waals surface area contributed by atoms with Crippen LogP contribution in [-0.2, 0) is 17.6 Å². The number of halogens is 1. The Labute approximate surface area is 124 Å². The molecule has 2 aromatic carbocycles. The molecule has 0 N–H and O–H groups in total. The van der Waals surface area contributed by atoms with Crippen molar-refractivity contribution < 1.29 is 4.79 Å². The van der Waals surface area contributed by atoms with Crippen LogP contribution in [0.25, 0.3) is 11.1 Å². The molecule has 0 bridgehead atoms. The first-order valence-corrected chi connectivity index (χ1v) is 7.16. The van der Waals surface area contributed by atoms with Gasteiger partial charge in [0.25, 0.3) is 0 Å². The number of likely N-dealkylation sites (N-methyl/N-ethyl adjacent to an activating group) is 1. The number of nitrogens with zero attached hydrogens (tertiary/aromatic N) is 1. The van der Waals surface area contributed by atoms with Crippen LogP contribution in [0.4, 0.5) is 5.69 Å². The topological polar surface area (TPSA) is 20.3 Å². The van der Waals surface area contributed by atoms with E-state index >= 15 is 0 Å². The van der Waals surface area contributed by atoms with E-state index in [1.165, 1.54) is 0 Å². The summed E-state index contributed by atoms with van der Waals surface area (Å²) in [6.45, 7) is 2.09. The molecule has 102 valence electrons. The molecule has 3 heteroatoms. The van der Waals surface area contributed by atoms with Crippen molar-refractivity contribution >= 4 is 23.2 Å². The molecule has 1 aliphatic heterocycles. The molecular formula is C17H16ClNO. The van der Waals surface area contributed by atoms with E-state index in [2.05, 4.69) is 31.2 Å². The van der Waals surface area contributed by atoms with Crippen molar-refractivity contribution in [3.05, 3.63) is 52.5 Å². The Bertz CT molecular complexity index is 693. The summed E-state index contributed by atoms with van der Waals surface area (Å²) in [5.74, 6) is 0.150. The maximum atomic E-state index is 11.7. The molecule has 3 rings (SSSR count). The molecule has 2 nitrogen and oxygen atoms in total. The number of aryl methyl sites for hydroxylation is 1. The van der Waals surface area contributed by atoms with Crippen molar-refractivity contribution in [3.8, 4) is 11.1 Å². The summed E-state index contributed by atoms with van der Waals surface area (Å²) in [6, 6.07) is 12.3. The summed E-state index contributed by atoms with van der Waals surface area (Å²) >= 11 is 6.28. The highest BCUT2D eigenvalue weighted by atomic mass is 35.5. The van der Waals surface area contributed by atoms with Crippen molar-refractivity contribution in [3.63, 3.8) is 0 Å². The van der Waals surface area contributed by atoms with Gasteiger partial charge in [-0.2, -0.15) is 0 Å². The summed E-state index contributed by atoms with van der Waals surface area (Å²) in [6.07, 6.45) is 1.43. The highest BCUT2D eigenvalue weighted by molar-refractivity contribution is 6.31. The Morgan fingerprint density at radius 3 is 2.55 bits per heavy atom. The first kappa shape index (κ1) is 13.2. The average Bonchev–Trinajstić information content (AvgIpc) is 2.74. The van der Waals surface area contributed by atoms with E-state index in [-0.39, 0.29) is 5.91 Å². The molecule has 1 amide bonds. The van der Waals surface area contributed by atoms with E-state index in [0.29, 0.717) is 6.42 Å². The number of amides is 1. The van der Waals surface area contributed by atoms with E-state index in [4.69, 9.17) is 11.6 Å². The lowest BCUT2D eigenvalue weighted by atomic mass is 10.0. The zero-order valence-corrected chi connectivity index (χ0v) is 12.4. The fourth-order valence-electron chi connectivity index (χ4n) is 2.63. The van der Waals surface area contributed by atoms with Gasteiger partial charge in [0.2, 0.25) is 5.91 Å².